The summed E-state index contributed by atoms with van der Waals surface area (Å²) in [5.41, 5.74) is 1.27. The lowest BCUT2D eigenvalue weighted by atomic mass is 10.1. The molecular weight excluding hydrogens is 306 g/mol. The molecule has 5 nitrogen and oxygen atoms in total. The second kappa shape index (κ2) is 8.39. The molecule has 0 spiro atoms. The van der Waals surface area contributed by atoms with Gasteiger partial charge in [0.05, 0.1) is 6.61 Å². The number of carbonyl (C=O) groups excluding carboxylic acids is 1. The molecule has 0 saturated heterocycles. The third kappa shape index (κ3) is 4.62. The number of carbonyl (C=O) groups is 1. The molecule has 0 aliphatic carbocycles. The standard InChI is InChI=1S/C19H17NO4/c1-2-23-18-11-15(8-9-17(18)21)10-16(12-20)19(22)24-13-14-6-4-3-5-7-14/h3-11,21H,2,13H2,1H3. The van der Waals surface area contributed by atoms with Crippen molar-refractivity contribution in [3.05, 3.63) is 65.2 Å². The zero-order chi connectivity index (χ0) is 17.4. The van der Waals surface area contributed by atoms with E-state index in [-0.39, 0.29) is 17.9 Å². The lowest BCUT2D eigenvalue weighted by molar-refractivity contribution is -0.139. The Balaban J connectivity index is 2.12. The van der Waals surface area contributed by atoms with Crippen LogP contribution in [0.4, 0.5) is 0 Å². The van der Waals surface area contributed by atoms with Crippen LogP contribution >= 0.6 is 0 Å². The fourth-order valence-corrected chi connectivity index (χ4v) is 2.00. The number of ether oxygens (including phenoxy) is 2. The first-order chi connectivity index (χ1) is 11.6. The first-order valence-electron chi connectivity index (χ1n) is 7.42. The van der Waals surface area contributed by atoms with E-state index in [0.29, 0.717) is 17.9 Å². The van der Waals surface area contributed by atoms with E-state index in [1.165, 1.54) is 12.1 Å². The lowest BCUT2D eigenvalue weighted by Gasteiger charge is -2.07. The molecule has 0 heterocycles. The van der Waals surface area contributed by atoms with Gasteiger partial charge >= 0.3 is 5.97 Å². The molecule has 2 rings (SSSR count). The molecule has 24 heavy (non-hydrogen) atoms. The van der Waals surface area contributed by atoms with Crippen molar-refractivity contribution in [1.82, 2.24) is 0 Å². The SMILES string of the molecule is CCOc1cc(C=C(C#N)C(=O)OCc2ccccc2)ccc1O. The van der Waals surface area contributed by atoms with Gasteiger partial charge in [0.25, 0.3) is 0 Å². The fraction of sp³-hybridized carbons (Fsp3) is 0.158. The van der Waals surface area contributed by atoms with Crippen LogP contribution in [0.25, 0.3) is 6.08 Å². The van der Waals surface area contributed by atoms with Crippen molar-refractivity contribution < 1.29 is 19.4 Å². The Hall–Kier alpha value is -3.26. The van der Waals surface area contributed by atoms with E-state index in [2.05, 4.69) is 0 Å². The molecule has 0 radical (unpaired) electrons. The highest BCUT2D eigenvalue weighted by molar-refractivity contribution is 5.97. The maximum atomic E-state index is 12.0. The number of esters is 1. The van der Waals surface area contributed by atoms with Crippen LogP contribution in [0.5, 0.6) is 11.5 Å². The van der Waals surface area contributed by atoms with Crippen LogP contribution in [-0.4, -0.2) is 17.7 Å². The van der Waals surface area contributed by atoms with Gasteiger partial charge in [-0.15, -0.1) is 0 Å². The Bertz CT molecular complexity index is 776. The number of phenols is 1. The summed E-state index contributed by atoms with van der Waals surface area (Å²) in [6.07, 6.45) is 1.40. The number of aromatic hydroxyl groups is 1. The Morgan fingerprint density at radius 1 is 1.25 bits per heavy atom. The molecule has 0 unspecified atom stereocenters. The Labute approximate surface area is 140 Å². The van der Waals surface area contributed by atoms with Gasteiger partial charge in [-0.1, -0.05) is 36.4 Å². The minimum absolute atomic E-state index is 0.000776. The van der Waals surface area contributed by atoms with Crippen molar-refractivity contribution in [3.8, 4) is 17.6 Å². The molecule has 0 amide bonds. The van der Waals surface area contributed by atoms with Crippen LogP contribution < -0.4 is 4.74 Å². The summed E-state index contributed by atoms with van der Waals surface area (Å²) in [6, 6.07) is 15.6. The molecule has 1 N–H and O–H groups in total. The smallest absolute Gasteiger partial charge is 0.349 e. The zero-order valence-electron chi connectivity index (χ0n) is 13.2. The summed E-state index contributed by atoms with van der Waals surface area (Å²) in [5, 5.41) is 18.9. The largest absolute Gasteiger partial charge is 0.504 e. The molecule has 0 atom stereocenters. The average molecular weight is 323 g/mol. The van der Waals surface area contributed by atoms with E-state index < -0.39 is 5.97 Å². The predicted molar refractivity (Wildman–Crippen MR) is 89.1 cm³/mol. The van der Waals surface area contributed by atoms with Crippen LogP contribution in [0.15, 0.2) is 54.1 Å². The van der Waals surface area contributed by atoms with Gasteiger partial charge in [0, 0.05) is 0 Å². The van der Waals surface area contributed by atoms with Crippen LogP contribution in [0, 0.1) is 11.3 Å². The minimum atomic E-state index is -0.701. The van der Waals surface area contributed by atoms with Crippen molar-refractivity contribution in [2.24, 2.45) is 0 Å². The number of nitrogens with zero attached hydrogens (tertiary/aromatic N) is 1. The highest BCUT2D eigenvalue weighted by Gasteiger charge is 2.12. The van der Waals surface area contributed by atoms with Gasteiger partial charge in [-0.3, -0.25) is 0 Å². The molecule has 2 aromatic rings. The number of benzene rings is 2. The monoisotopic (exact) mass is 323 g/mol. The fourth-order valence-electron chi connectivity index (χ4n) is 2.00. The van der Waals surface area contributed by atoms with Gasteiger partial charge in [-0.05, 0) is 36.3 Å². The molecule has 0 saturated carbocycles. The topological polar surface area (TPSA) is 79.5 Å². The second-order valence-corrected chi connectivity index (χ2v) is 4.89. The molecule has 0 aliphatic heterocycles. The van der Waals surface area contributed by atoms with Gasteiger partial charge in [0.15, 0.2) is 11.5 Å². The van der Waals surface area contributed by atoms with Crippen molar-refractivity contribution in [3.63, 3.8) is 0 Å². The molecule has 2 aromatic carbocycles. The number of hydrogen-bond donors (Lipinski definition) is 1. The summed E-state index contributed by atoms with van der Waals surface area (Å²) < 4.78 is 10.4. The third-order valence-corrected chi connectivity index (χ3v) is 3.15. The van der Waals surface area contributed by atoms with Crippen molar-refractivity contribution in [2.45, 2.75) is 13.5 Å². The van der Waals surface area contributed by atoms with E-state index in [4.69, 9.17) is 9.47 Å². The van der Waals surface area contributed by atoms with Crippen molar-refractivity contribution >= 4 is 12.0 Å². The van der Waals surface area contributed by atoms with Crippen LogP contribution in [-0.2, 0) is 16.1 Å². The zero-order valence-corrected chi connectivity index (χ0v) is 13.2. The summed E-state index contributed by atoms with van der Waals surface area (Å²) in [7, 11) is 0. The van der Waals surface area contributed by atoms with E-state index in [0.717, 1.165) is 5.56 Å². The van der Waals surface area contributed by atoms with E-state index in [1.807, 2.05) is 36.4 Å². The summed E-state index contributed by atoms with van der Waals surface area (Å²) in [5.74, 6) is -0.409. The highest BCUT2D eigenvalue weighted by Crippen LogP contribution is 2.27. The molecule has 0 bridgehead atoms. The minimum Gasteiger partial charge on any atom is -0.504 e. The average Bonchev–Trinajstić information content (AvgIpc) is 2.61. The Morgan fingerprint density at radius 2 is 2.00 bits per heavy atom. The lowest BCUT2D eigenvalue weighted by Crippen LogP contribution is -2.06. The first kappa shape index (κ1) is 17.1. The number of rotatable bonds is 6. The quantitative estimate of drug-likeness (QED) is 0.500. The van der Waals surface area contributed by atoms with Crippen LogP contribution in [0.1, 0.15) is 18.1 Å². The highest BCUT2D eigenvalue weighted by atomic mass is 16.5. The predicted octanol–water partition coefficient (Wildman–Crippen LogP) is 3.44. The normalized spacial score (nSPS) is 10.8. The molecular formula is C19H17NO4. The maximum Gasteiger partial charge on any atom is 0.349 e. The van der Waals surface area contributed by atoms with Gasteiger partial charge in [0.2, 0.25) is 0 Å². The van der Waals surface area contributed by atoms with Crippen molar-refractivity contribution in [2.75, 3.05) is 6.61 Å². The van der Waals surface area contributed by atoms with Gasteiger partial charge in [0.1, 0.15) is 18.2 Å². The van der Waals surface area contributed by atoms with Crippen molar-refractivity contribution in [1.29, 1.82) is 5.26 Å². The van der Waals surface area contributed by atoms with Gasteiger partial charge in [-0.25, -0.2) is 4.79 Å². The van der Waals surface area contributed by atoms with Gasteiger partial charge < -0.3 is 14.6 Å². The maximum absolute atomic E-state index is 12.0. The summed E-state index contributed by atoms with van der Waals surface area (Å²) >= 11 is 0. The van der Waals surface area contributed by atoms with Crippen LogP contribution in [0.3, 0.4) is 0 Å². The molecule has 0 fully saturated rings. The number of phenolic OH excluding ortho intramolecular Hbond substituents is 1. The van der Waals surface area contributed by atoms with Gasteiger partial charge in [-0.2, -0.15) is 5.26 Å². The summed E-state index contributed by atoms with van der Waals surface area (Å²) in [4.78, 5) is 12.0. The third-order valence-electron chi connectivity index (χ3n) is 3.15. The Kier molecular flexibility index (Phi) is 5.98. The first-order valence-corrected chi connectivity index (χ1v) is 7.42. The molecule has 0 aliphatic rings. The Morgan fingerprint density at radius 3 is 2.67 bits per heavy atom. The second-order valence-electron chi connectivity index (χ2n) is 4.89. The van der Waals surface area contributed by atoms with E-state index in [1.54, 1.807) is 19.1 Å². The van der Waals surface area contributed by atoms with E-state index in [9.17, 15) is 15.2 Å². The summed E-state index contributed by atoms with van der Waals surface area (Å²) in [6.45, 7) is 2.28. The molecule has 0 aromatic heterocycles. The number of hydrogen-bond acceptors (Lipinski definition) is 5. The number of nitriles is 1. The molecule has 5 heteroatoms. The van der Waals surface area contributed by atoms with Crippen LogP contribution in [0.2, 0.25) is 0 Å². The van der Waals surface area contributed by atoms with E-state index >= 15 is 0 Å². The molecule has 122 valence electrons.